The highest BCUT2D eigenvalue weighted by Crippen LogP contribution is 2.25. The van der Waals surface area contributed by atoms with E-state index in [2.05, 4.69) is 41.3 Å². The van der Waals surface area contributed by atoms with Crippen LogP contribution in [0.1, 0.15) is 0 Å². The Morgan fingerprint density at radius 1 is 0.679 bits per heavy atom. The third-order valence-electron chi connectivity index (χ3n) is 5.10. The Morgan fingerprint density at radius 2 is 1.25 bits per heavy atom. The second-order valence-electron chi connectivity index (χ2n) is 6.87. The van der Waals surface area contributed by atoms with E-state index in [1.807, 2.05) is 18.2 Å². The van der Waals surface area contributed by atoms with Crippen LogP contribution in [0.15, 0.2) is 83.8 Å². The summed E-state index contributed by atoms with van der Waals surface area (Å²) in [6, 6.07) is 25.1. The topological polar surface area (TPSA) is 66.6 Å². The molecule has 144 valence electrons. The molecule has 3 aromatic carbocycles. The van der Waals surface area contributed by atoms with Gasteiger partial charge in [0.25, 0.3) is 0 Å². The van der Waals surface area contributed by atoms with Crippen molar-refractivity contribution in [1.29, 1.82) is 0 Å². The highest BCUT2D eigenvalue weighted by Gasteiger charge is 2.28. The van der Waals surface area contributed by atoms with Gasteiger partial charge in [-0.25, -0.2) is 8.42 Å². The zero-order chi connectivity index (χ0) is 19.6. The zero-order valence-electron chi connectivity index (χ0n) is 15.5. The van der Waals surface area contributed by atoms with Gasteiger partial charge in [-0.1, -0.05) is 42.5 Å². The van der Waals surface area contributed by atoms with E-state index in [4.69, 9.17) is 5.73 Å². The van der Waals surface area contributed by atoms with Gasteiger partial charge in [-0.3, -0.25) is 0 Å². The van der Waals surface area contributed by atoms with Crippen molar-refractivity contribution >= 4 is 21.4 Å². The second-order valence-corrected chi connectivity index (χ2v) is 8.81. The summed E-state index contributed by atoms with van der Waals surface area (Å²) in [6.45, 7) is 2.26. The molecule has 1 heterocycles. The van der Waals surface area contributed by atoms with Gasteiger partial charge in [-0.2, -0.15) is 4.31 Å². The van der Waals surface area contributed by atoms with Crippen LogP contribution in [0.3, 0.4) is 0 Å². The highest BCUT2D eigenvalue weighted by molar-refractivity contribution is 7.89. The van der Waals surface area contributed by atoms with Gasteiger partial charge in [-0.05, 0) is 47.5 Å². The first-order chi connectivity index (χ1) is 13.5. The van der Waals surface area contributed by atoms with Gasteiger partial charge in [0.15, 0.2) is 0 Å². The number of benzene rings is 3. The number of rotatable bonds is 4. The van der Waals surface area contributed by atoms with Gasteiger partial charge in [0.2, 0.25) is 10.0 Å². The Balaban J connectivity index is 1.43. The van der Waals surface area contributed by atoms with Gasteiger partial charge >= 0.3 is 0 Å². The highest BCUT2D eigenvalue weighted by atomic mass is 32.2. The molecule has 4 rings (SSSR count). The second kappa shape index (κ2) is 7.66. The lowest BCUT2D eigenvalue weighted by Gasteiger charge is -2.35. The predicted octanol–water partition coefficient (Wildman–Crippen LogP) is 3.45. The summed E-state index contributed by atoms with van der Waals surface area (Å²) < 4.78 is 27.2. The number of nitrogens with two attached hydrogens (primary N) is 1. The van der Waals surface area contributed by atoms with E-state index in [9.17, 15) is 8.42 Å². The SMILES string of the molecule is Nc1ccc(S(=O)(=O)N2CCN(c3ccc(-c4ccccc4)cc3)CC2)cc1. The van der Waals surface area contributed by atoms with E-state index in [0.29, 0.717) is 36.8 Å². The maximum atomic E-state index is 12.8. The van der Waals surface area contributed by atoms with Crippen LogP contribution in [0.2, 0.25) is 0 Å². The first kappa shape index (κ1) is 18.5. The average Bonchev–Trinajstić information content (AvgIpc) is 2.75. The van der Waals surface area contributed by atoms with Crippen molar-refractivity contribution in [1.82, 2.24) is 4.31 Å². The quantitative estimate of drug-likeness (QED) is 0.690. The van der Waals surface area contributed by atoms with Crippen molar-refractivity contribution in [3.63, 3.8) is 0 Å². The van der Waals surface area contributed by atoms with Crippen molar-refractivity contribution in [2.75, 3.05) is 36.8 Å². The minimum absolute atomic E-state index is 0.294. The molecule has 0 unspecified atom stereocenters. The molecule has 5 nitrogen and oxygen atoms in total. The molecular formula is C22H23N3O2S. The molecule has 6 heteroatoms. The number of piperazine rings is 1. The molecule has 0 aromatic heterocycles. The Morgan fingerprint density at radius 3 is 1.86 bits per heavy atom. The van der Waals surface area contributed by atoms with Crippen molar-refractivity contribution < 1.29 is 8.42 Å². The Kier molecular flexibility index (Phi) is 5.07. The fraction of sp³-hybridized carbons (Fsp3) is 0.182. The number of nitrogen functional groups attached to an aromatic ring is 1. The van der Waals surface area contributed by atoms with Crippen LogP contribution in [0.25, 0.3) is 11.1 Å². The monoisotopic (exact) mass is 393 g/mol. The predicted molar refractivity (Wildman–Crippen MR) is 114 cm³/mol. The number of anilines is 2. The van der Waals surface area contributed by atoms with E-state index in [1.165, 1.54) is 11.1 Å². The first-order valence-electron chi connectivity index (χ1n) is 9.30. The van der Waals surface area contributed by atoms with E-state index < -0.39 is 10.0 Å². The smallest absolute Gasteiger partial charge is 0.243 e. The lowest BCUT2D eigenvalue weighted by atomic mass is 10.1. The molecule has 0 radical (unpaired) electrons. The van der Waals surface area contributed by atoms with Crippen molar-refractivity contribution in [2.45, 2.75) is 4.90 Å². The largest absolute Gasteiger partial charge is 0.399 e. The van der Waals surface area contributed by atoms with Gasteiger partial charge in [0, 0.05) is 37.6 Å². The molecule has 0 atom stereocenters. The van der Waals surface area contributed by atoms with Gasteiger partial charge in [0.1, 0.15) is 0 Å². The third-order valence-corrected chi connectivity index (χ3v) is 7.01. The van der Waals surface area contributed by atoms with Crippen LogP contribution < -0.4 is 10.6 Å². The van der Waals surface area contributed by atoms with Crippen LogP contribution in [0.4, 0.5) is 11.4 Å². The summed E-state index contributed by atoms with van der Waals surface area (Å²) in [5, 5.41) is 0. The molecule has 0 spiro atoms. The summed E-state index contributed by atoms with van der Waals surface area (Å²) in [7, 11) is -3.48. The maximum absolute atomic E-state index is 12.8. The van der Waals surface area contributed by atoms with Gasteiger partial charge in [0.05, 0.1) is 4.90 Å². The first-order valence-corrected chi connectivity index (χ1v) is 10.7. The van der Waals surface area contributed by atoms with Crippen LogP contribution in [-0.2, 0) is 10.0 Å². The number of hydrogen-bond donors (Lipinski definition) is 1. The van der Waals surface area contributed by atoms with E-state index in [1.54, 1.807) is 28.6 Å². The molecule has 0 saturated carbocycles. The summed E-state index contributed by atoms with van der Waals surface area (Å²) in [5.41, 5.74) is 9.70. The van der Waals surface area contributed by atoms with Gasteiger partial charge in [-0.15, -0.1) is 0 Å². The molecule has 0 aliphatic carbocycles. The Hall–Kier alpha value is -2.83. The minimum atomic E-state index is -3.48. The molecule has 0 bridgehead atoms. The van der Waals surface area contributed by atoms with E-state index in [0.717, 1.165) is 5.69 Å². The maximum Gasteiger partial charge on any atom is 0.243 e. The molecular weight excluding hydrogens is 370 g/mol. The number of hydrogen-bond acceptors (Lipinski definition) is 4. The fourth-order valence-corrected chi connectivity index (χ4v) is 4.89. The third kappa shape index (κ3) is 3.74. The Bertz CT molecular complexity index is 1030. The molecule has 1 fully saturated rings. The van der Waals surface area contributed by atoms with Crippen molar-refractivity contribution in [2.24, 2.45) is 0 Å². The molecule has 1 aliphatic rings. The molecule has 2 N–H and O–H groups in total. The normalized spacial score (nSPS) is 15.5. The van der Waals surface area contributed by atoms with Crippen LogP contribution in [0, 0.1) is 0 Å². The lowest BCUT2D eigenvalue weighted by Crippen LogP contribution is -2.48. The molecule has 28 heavy (non-hydrogen) atoms. The lowest BCUT2D eigenvalue weighted by molar-refractivity contribution is 0.385. The van der Waals surface area contributed by atoms with Gasteiger partial charge < -0.3 is 10.6 Å². The fourth-order valence-electron chi connectivity index (χ4n) is 3.47. The Labute approximate surface area is 166 Å². The molecule has 3 aromatic rings. The summed E-state index contributed by atoms with van der Waals surface area (Å²) in [4.78, 5) is 2.52. The van der Waals surface area contributed by atoms with Crippen molar-refractivity contribution in [3.05, 3.63) is 78.9 Å². The summed E-state index contributed by atoms with van der Waals surface area (Å²) in [5.74, 6) is 0. The van der Waals surface area contributed by atoms with Crippen LogP contribution in [0.5, 0.6) is 0 Å². The molecule has 0 amide bonds. The minimum Gasteiger partial charge on any atom is -0.399 e. The summed E-state index contributed by atoms with van der Waals surface area (Å²) in [6.07, 6.45) is 0. The average molecular weight is 394 g/mol. The van der Waals surface area contributed by atoms with Crippen LogP contribution >= 0.6 is 0 Å². The molecule has 1 aliphatic heterocycles. The summed E-state index contributed by atoms with van der Waals surface area (Å²) >= 11 is 0. The standard InChI is InChI=1S/C22H23N3O2S/c23-20-8-12-22(13-9-20)28(26,27)25-16-14-24(15-17-25)21-10-6-19(7-11-21)18-4-2-1-3-5-18/h1-13H,14-17,23H2. The number of sulfonamides is 1. The van der Waals surface area contributed by atoms with Crippen molar-refractivity contribution in [3.8, 4) is 11.1 Å². The number of nitrogens with zero attached hydrogens (tertiary/aromatic N) is 2. The van der Waals surface area contributed by atoms with Crippen LogP contribution in [-0.4, -0.2) is 38.9 Å². The van der Waals surface area contributed by atoms with E-state index in [-0.39, 0.29) is 0 Å². The molecule has 1 saturated heterocycles. The van der Waals surface area contributed by atoms with E-state index >= 15 is 0 Å². The zero-order valence-corrected chi connectivity index (χ0v) is 16.3.